The molecule has 6 nitrogen and oxygen atoms in total. The van der Waals surface area contributed by atoms with E-state index in [9.17, 15) is 18.0 Å². The first kappa shape index (κ1) is 26.0. The van der Waals surface area contributed by atoms with E-state index in [1.54, 1.807) is 25.1 Å². The third-order valence-electron chi connectivity index (χ3n) is 6.70. The van der Waals surface area contributed by atoms with Gasteiger partial charge in [-0.3, -0.25) is 0 Å². The molecule has 0 bridgehead atoms. The summed E-state index contributed by atoms with van der Waals surface area (Å²) < 4.78 is 41.7. The molecule has 2 amide bonds. The molecule has 3 aromatic rings. The van der Waals surface area contributed by atoms with Gasteiger partial charge in [0.05, 0.1) is 24.2 Å². The van der Waals surface area contributed by atoms with E-state index in [1.165, 1.54) is 0 Å². The molecular formula is C26H29ClF3N5O. The lowest BCUT2D eigenvalue weighted by Crippen LogP contribution is -2.42. The van der Waals surface area contributed by atoms with E-state index in [0.29, 0.717) is 41.5 Å². The van der Waals surface area contributed by atoms with Gasteiger partial charge in [-0.2, -0.15) is 13.2 Å². The van der Waals surface area contributed by atoms with Crippen molar-refractivity contribution in [1.82, 2.24) is 25.0 Å². The Balaban J connectivity index is 1.53. The third-order valence-corrected chi connectivity index (χ3v) is 6.95. The molecule has 1 fully saturated rings. The van der Waals surface area contributed by atoms with Gasteiger partial charge in [0.1, 0.15) is 6.33 Å². The number of urea groups is 1. The van der Waals surface area contributed by atoms with Crippen LogP contribution in [-0.2, 0) is 12.7 Å². The molecule has 1 N–H and O–H groups in total. The molecule has 2 aromatic carbocycles. The van der Waals surface area contributed by atoms with Crippen molar-refractivity contribution in [2.24, 2.45) is 0 Å². The molecule has 10 heteroatoms. The van der Waals surface area contributed by atoms with Crippen molar-refractivity contribution >= 4 is 17.6 Å². The van der Waals surface area contributed by atoms with Crippen LogP contribution in [0.1, 0.15) is 71.9 Å². The van der Waals surface area contributed by atoms with Crippen LogP contribution < -0.4 is 5.32 Å². The maximum atomic E-state index is 13.4. The number of hydrogen-bond acceptors (Lipinski definition) is 3. The van der Waals surface area contributed by atoms with Crippen LogP contribution in [0.3, 0.4) is 0 Å². The van der Waals surface area contributed by atoms with Crippen molar-refractivity contribution in [3.8, 4) is 0 Å². The number of benzene rings is 2. The van der Waals surface area contributed by atoms with Gasteiger partial charge in [0.2, 0.25) is 0 Å². The number of likely N-dealkylation sites (tertiary alicyclic amines) is 1. The monoisotopic (exact) mass is 519 g/mol. The molecule has 0 unspecified atom stereocenters. The lowest BCUT2D eigenvalue weighted by Gasteiger charge is -2.29. The summed E-state index contributed by atoms with van der Waals surface area (Å²) in [4.78, 5) is 15.2. The van der Waals surface area contributed by atoms with Crippen molar-refractivity contribution in [3.05, 3.63) is 81.4 Å². The van der Waals surface area contributed by atoms with Crippen LogP contribution in [0.15, 0.2) is 42.7 Å². The van der Waals surface area contributed by atoms with Crippen LogP contribution in [0.2, 0.25) is 5.02 Å². The Morgan fingerprint density at radius 3 is 2.47 bits per heavy atom. The number of carbonyl (C=O) groups excluding carboxylic acids is 1. The van der Waals surface area contributed by atoms with Crippen molar-refractivity contribution in [1.29, 1.82) is 0 Å². The molecule has 0 saturated carbocycles. The molecule has 1 aliphatic heterocycles. The van der Waals surface area contributed by atoms with E-state index < -0.39 is 17.8 Å². The smallest absolute Gasteiger partial charge is 0.331 e. The number of halogens is 4. The highest BCUT2D eigenvalue weighted by Crippen LogP contribution is 2.35. The number of aryl methyl sites for hydroxylation is 2. The molecule has 2 heterocycles. The zero-order chi connectivity index (χ0) is 26.0. The molecule has 2 atom stereocenters. The quantitative estimate of drug-likeness (QED) is 0.398. The van der Waals surface area contributed by atoms with Crippen molar-refractivity contribution in [2.75, 3.05) is 6.54 Å². The molecule has 4 rings (SSSR count). The van der Waals surface area contributed by atoms with Crippen molar-refractivity contribution in [2.45, 2.75) is 64.8 Å². The number of hydrogen-bond donors (Lipinski definition) is 1. The number of nitrogens with zero attached hydrogens (tertiary/aromatic N) is 4. The minimum Gasteiger partial charge on any atom is -0.331 e. The molecule has 0 spiro atoms. The molecule has 192 valence electrons. The standard InChI is InChI=1S/C26H29ClF3N5O/c1-4-21(23-16(2)12-19(13-17(23)3)26(28,29)30)32-25(36)35-11-5-6-22(35)24-33-31-15-34(24)14-18-7-9-20(27)10-8-18/h7-10,12-13,15,21-22H,4-6,11,14H2,1-3H3,(H,32,36)/t21-,22+/m0/s1. The lowest BCUT2D eigenvalue weighted by molar-refractivity contribution is -0.137. The fraction of sp³-hybridized carbons (Fsp3) is 0.423. The first-order valence-electron chi connectivity index (χ1n) is 12.0. The average molecular weight is 520 g/mol. The first-order valence-corrected chi connectivity index (χ1v) is 12.3. The average Bonchev–Trinajstić information content (AvgIpc) is 3.48. The number of amides is 2. The van der Waals surface area contributed by atoms with E-state index in [4.69, 9.17) is 11.6 Å². The molecular weight excluding hydrogens is 491 g/mol. The van der Waals surface area contributed by atoms with Gasteiger partial charge in [0.25, 0.3) is 0 Å². The fourth-order valence-corrected chi connectivity index (χ4v) is 5.13. The summed E-state index contributed by atoms with van der Waals surface area (Å²) in [5, 5.41) is 12.1. The highest BCUT2D eigenvalue weighted by atomic mass is 35.5. The molecule has 36 heavy (non-hydrogen) atoms. The summed E-state index contributed by atoms with van der Waals surface area (Å²) in [6, 6.07) is 8.91. The Morgan fingerprint density at radius 1 is 1.19 bits per heavy atom. The predicted octanol–water partition coefficient (Wildman–Crippen LogP) is 6.61. The Kier molecular flexibility index (Phi) is 7.59. The molecule has 0 radical (unpaired) electrons. The SMILES string of the molecule is CC[C@H](NC(=O)N1CCC[C@@H]1c1nncn1Cc1ccc(Cl)cc1)c1c(C)cc(C(F)(F)F)cc1C. The van der Waals surface area contributed by atoms with Crippen LogP contribution in [0.5, 0.6) is 0 Å². The van der Waals surface area contributed by atoms with Crippen LogP contribution in [0.25, 0.3) is 0 Å². The summed E-state index contributed by atoms with van der Waals surface area (Å²) in [5.41, 5.74) is 2.10. The second-order valence-corrected chi connectivity index (χ2v) is 9.66. The number of nitrogens with one attached hydrogen (secondary N) is 1. The second-order valence-electron chi connectivity index (χ2n) is 9.23. The topological polar surface area (TPSA) is 63.1 Å². The van der Waals surface area contributed by atoms with Gasteiger partial charge in [0.15, 0.2) is 5.82 Å². The lowest BCUT2D eigenvalue weighted by atomic mass is 9.92. The Morgan fingerprint density at radius 2 is 1.86 bits per heavy atom. The summed E-state index contributed by atoms with van der Waals surface area (Å²) in [6.07, 6.45) is -0.640. The minimum absolute atomic E-state index is 0.243. The van der Waals surface area contributed by atoms with Crippen LogP contribution in [0, 0.1) is 13.8 Å². The Hall–Kier alpha value is -3.07. The molecule has 1 saturated heterocycles. The Bertz CT molecular complexity index is 1200. The van der Waals surface area contributed by atoms with Gasteiger partial charge < -0.3 is 14.8 Å². The summed E-state index contributed by atoms with van der Waals surface area (Å²) in [7, 11) is 0. The number of aromatic nitrogens is 3. The second kappa shape index (κ2) is 10.5. The van der Waals surface area contributed by atoms with Gasteiger partial charge >= 0.3 is 12.2 Å². The van der Waals surface area contributed by atoms with E-state index in [2.05, 4.69) is 15.5 Å². The maximum absolute atomic E-state index is 13.4. The van der Waals surface area contributed by atoms with Gasteiger partial charge in [-0.25, -0.2) is 4.79 Å². The highest BCUT2D eigenvalue weighted by molar-refractivity contribution is 6.30. The number of carbonyl (C=O) groups is 1. The van der Waals surface area contributed by atoms with Crippen molar-refractivity contribution in [3.63, 3.8) is 0 Å². The van der Waals surface area contributed by atoms with E-state index in [-0.39, 0.29) is 12.1 Å². The normalized spacial score (nSPS) is 16.9. The summed E-state index contributed by atoms with van der Waals surface area (Å²) in [5.74, 6) is 0.701. The molecule has 0 aliphatic carbocycles. The van der Waals surface area contributed by atoms with E-state index in [0.717, 1.165) is 36.1 Å². The van der Waals surface area contributed by atoms with E-state index >= 15 is 0 Å². The van der Waals surface area contributed by atoms with Gasteiger partial charge in [-0.15, -0.1) is 10.2 Å². The largest absolute Gasteiger partial charge is 0.416 e. The zero-order valence-electron chi connectivity index (χ0n) is 20.4. The molecule has 1 aliphatic rings. The third kappa shape index (κ3) is 5.51. The van der Waals surface area contributed by atoms with Gasteiger partial charge in [-0.1, -0.05) is 30.7 Å². The number of alkyl halides is 3. The summed E-state index contributed by atoms with van der Waals surface area (Å²) >= 11 is 5.99. The van der Waals surface area contributed by atoms with Gasteiger partial charge in [-0.05, 0) is 79.6 Å². The van der Waals surface area contributed by atoms with Crippen LogP contribution >= 0.6 is 11.6 Å². The fourth-order valence-electron chi connectivity index (χ4n) is 5.01. The summed E-state index contributed by atoms with van der Waals surface area (Å²) in [6.45, 7) is 6.33. The Labute approximate surface area is 213 Å². The molecule has 1 aromatic heterocycles. The highest BCUT2D eigenvalue weighted by Gasteiger charge is 2.35. The number of rotatable bonds is 6. The van der Waals surface area contributed by atoms with Gasteiger partial charge in [0, 0.05) is 11.6 Å². The van der Waals surface area contributed by atoms with E-state index in [1.807, 2.05) is 35.8 Å². The maximum Gasteiger partial charge on any atom is 0.416 e. The van der Waals surface area contributed by atoms with Crippen LogP contribution in [-0.4, -0.2) is 32.2 Å². The van der Waals surface area contributed by atoms with Crippen LogP contribution in [0.4, 0.5) is 18.0 Å². The van der Waals surface area contributed by atoms with Crippen molar-refractivity contribution < 1.29 is 18.0 Å². The predicted molar refractivity (Wildman–Crippen MR) is 132 cm³/mol. The minimum atomic E-state index is -4.41. The zero-order valence-corrected chi connectivity index (χ0v) is 21.2. The first-order chi connectivity index (χ1) is 17.1.